The van der Waals surface area contributed by atoms with E-state index >= 15 is 0 Å². The molecular formula is C14H25N3. The van der Waals surface area contributed by atoms with Gasteiger partial charge in [-0.2, -0.15) is 0 Å². The molecule has 2 unspecified atom stereocenters. The van der Waals surface area contributed by atoms with Crippen molar-refractivity contribution in [3.63, 3.8) is 0 Å². The maximum Gasteiger partial charge on any atom is 0.123 e. The fourth-order valence-corrected chi connectivity index (χ4v) is 2.18. The molecule has 0 aliphatic carbocycles. The SMILES string of the molecule is CCCNC(C)CC(C)Cc1ccnc(N)c1. The van der Waals surface area contributed by atoms with Crippen LogP contribution in [0.2, 0.25) is 0 Å². The summed E-state index contributed by atoms with van der Waals surface area (Å²) in [5.74, 6) is 1.28. The second-order valence-electron chi connectivity index (χ2n) is 4.99. The number of hydrogen-bond donors (Lipinski definition) is 2. The van der Waals surface area contributed by atoms with Crippen LogP contribution in [0.4, 0.5) is 5.82 Å². The molecule has 0 bridgehead atoms. The van der Waals surface area contributed by atoms with Gasteiger partial charge in [-0.05, 0) is 56.3 Å². The van der Waals surface area contributed by atoms with E-state index in [1.807, 2.05) is 6.07 Å². The van der Waals surface area contributed by atoms with Crippen LogP contribution in [0.15, 0.2) is 18.3 Å². The van der Waals surface area contributed by atoms with Gasteiger partial charge in [-0.25, -0.2) is 4.98 Å². The summed E-state index contributed by atoms with van der Waals surface area (Å²) in [5, 5.41) is 3.52. The van der Waals surface area contributed by atoms with Crippen molar-refractivity contribution >= 4 is 5.82 Å². The van der Waals surface area contributed by atoms with Crippen LogP contribution < -0.4 is 11.1 Å². The Kier molecular flexibility index (Phi) is 5.98. The number of nitrogens with one attached hydrogen (secondary N) is 1. The number of nitrogens with two attached hydrogens (primary N) is 1. The van der Waals surface area contributed by atoms with Crippen LogP contribution >= 0.6 is 0 Å². The topological polar surface area (TPSA) is 50.9 Å². The Balaban J connectivity index is 2.36. The smallest absolute Gasteiger partial charge is 0.123 e. The van der Waals surface area contributed by atoms with Crippen molar-refractivity contribution < 1.29 is 0 Å². The van der Waals surface area contributed by atoms with Gasteiger partial charge in [-0.15, -0.1) is 0 Å². The van der Waals surface area contributed by atoms with Gasteiger partial charge in [-0.3, -0.25) is 0 Å². The average Bonchev–Trinajstić information content (AvgIpc) is 2.26. The molecule has 0 saturated carbocycles. The molecule has 1 heterocycles. The largest absolute Gasteiger partial charge is 0.384 e. The lowest BCUT2D eigenvalue weighted by Gasteiger charge is -2.18. The maximum absolute atomic E-state index is 5.68. The minimum Gasteiger partial charge on any atom is -0.384 e. The second kappa shape index (κ2) is 7.28. The third-order valence-electron chi connectivity index (χ3n) is 2.93. The van der Waals surface area contributed by atoms with E-state index in [0.29, 0.717) is 17.8 Å². The van der Waals surface area contributed by atoms with Crippen molar-refractivity contribution in [3.8, 4) is 0 Å². The van der Waals surface area contributed by atoms with Crippen LogP contribution in [0.3, 0.4) is 0 Å². The van der Waals surface area contributed by atoms with Crippen LogP contribution in [0.1, 0.15) is 39.2 Å². The zero-order chi connectivity index (χ0) is 12.7. The highest BCUT2D eigenvalue weighted by Gasteiger charge is 2.09. The van der Waals surface area contributed by atoms with Gasteiger partial charge < -0.3 is 11.1 Å². The molecule has 96 valence electrons. The summed E-state index contributed by atoms with van der Waals surface area (Å²) in [4.78, 5) is 4.01. The highest BCUT2D eigenvalue weighted by Crippen LogP contribution is 2.14. The summed E-state index contributed by atoms with van der Waals surface area (Å²) in [6.45, 7) is 7.85. The number of anilines is 1. The van der Waals surface area contributed by atoms with Crippen LogP contribution in [0.25, 0.3) is 0 Å². The molecule has 1 aromatic heterocycles. The molecule has 3 heteroatoms. The minimum absolute atomic E-state index is 0.587. The number of rotatable bonds is 7. The molecule has 0 amide bonds. The molecule has 0 aromatic carbocycles. The summed E-state index contributed by atoms with van der Waals surface area (Å²) in [5.41, 5.74) is 6.96. The van der Waals surface area contributed by atoms with E-state index < -0.39 is 0 Å². The van der Waals surface area contributed by atoms with Crippen LogP contribution in [0, 0.1) is 5.92 Å². The molecule has 1 rings (SSSR count). The molecule has 17 heavy (non-hydrogen) atoms. The quantitative estimate of drug-likeness (QED) is 0.764. The lowest BCUT2D eigenvalue weighted by molar-refractivity contribution is 0.420. The molecule has 1 aromatic rings. The van der Waals surface area contributed by atoms with E-state index in [-0.39, 0.29) is 0 Å². The Morgan fingerprint density at radius 3 is 2.82 bits per heavy atom. The lowest BCUT2D eigenvalue weighted by Crippen LogP contribution is -2.28. The van der Waals surface area contributed by atoms with E-state index in [2.05, 4.69) is 37.1 Å². The molecule has 0 saturated heterocycles. The first-order chi connectivity index (χ1) is 8.11. The summed E-state index contributed by atoms with van der Waals surface area (Å²) >= 11 is 0. The Bertz CT molecular complexity index is 325. The molecule has 0 radical (unpaired) electrons. The minimum atomic E-state index is 0.587. The van der Waals surface area contributed by atoms with Gasteiger partial charge >= 0.3 is 0 Å². The van der Waals surface area contributed by atoms with Gasteiger partial charge in [0.25, 0.3) is 0 Å². The van der Waals surface area contributed by atoms with E-state index in [1.165, 1.54) is 18.4 Å². The summed E-state index contributed by atoms with van der Waals surface area (Å²) in [6, 6.07) is 4.61. The van der Waals surface area contributed by atoms with Gasteiger partial charge in [0, 0.05) is 12.2 Å². The zero-order valence-corrected chi connectivity index (χ0v) is 11.2. The molecule has 2 atom stereocenters. The van der Waals surface area contributed by atoms with Crippen molar-refractivity contribution in [3.05, 3.63) is 23.9 Å². The number of hydrogen-bond acceptors (Lipinski definition) is 3. The van der Waals surface area contributed by atoms with Crippen molar-refractivity contribution in [2.45, 2.75) is 46.1 Å². The monoisotopic (exact) mass is 235 g/mol. The number of aromatic nitrogens is 1. The predicted molar refractivity (Wildman–Crippen MR) is 73.9 cm³/mol. The fraction of sp³-hybridized carbons (Fsp3) is 0.643. The standard InChI is InChI=1S/C14H25N3/c1-4-6-16-12(3)8-11(2)9-13-5-7-17-14(15)10-13/h5,7,10-12,16H,4,6,8-9H2,1-3H3,(H2,15,17). The summed E-state index contributed by atoms with van der Waals surface area (Å²) in [6.07, 6.45) is 5.25. The average molecular weight is 235 g/mol. The summed E-state index contributed by atoms with van der Waals surface area (Å²) in [7, 11) is 0. The zero-order valence-electron chi connectivity index (χ0n) is 11.2. The van der Waals surface area contributed by atoms with Crippen molar-refractivity contribution in [1.82, 2.24) is 10.3 Å². The fourth-order valence-electron chi connectivity index (χ4n) is 2.18. The van der Waals surface area contributed by atoms with E-state index in [0.717, 1.165) is 13.0 Å². The molecule has 0 aliphatic heterocycles. The molecule has 0 aliphatic rings. The van der Waals surface area contributed by atoms with E-state index in [1.54, 1.807) is 6.20 Å². The van der Waals surface area contributed by atoms with E-state index in [4.69, 9.17) is 5.73 Å². The number of pyridine rings is 1. The molecule has 3 N–H and O–H groups in total. The Morgan fingerprint density at radius 2 is 2.18 bits per heavy atom. The number of nitrogen functional groups attached to an aromatic ring is 1. The third-order valence-corrected chi connectivity index (χ3v) is 2.93. The van der Waals surface area contributed by atoms with Gasteiger partial charge in [0.1, 0.15) is 5.82 Å². The van der Waals surface area contributed by atoms with Crippen molar-refractivity contribution in [1.29, 1.82) is 0 Å². The Labute approximate surface area is 105 Å². The molecular weight excluding hydrogens is 210 g/mol. The van der Waals surface area contributed by atoms with Crippen LogP contribution in [-0.4, -0.2) is 17.6 Å². The van der Waals surface area contributed by atoms with E-state index in [9.17, 15) is 0 Å². The Morgan fingerprint density at radius 1 is 1.41 bits per heavy atom. The van der Waals surface area contributed by atoms with Gasteiger partial charge in [0.15, 0.2) is 0 Å². The molecule has 0 spiro atoms. The number of nitrogens with zero attached hydrogens (tertiary/aromatic N) is 1. The first kappa shape index (κ1) is 14.0. The van der Waals surface area contributed by atoms with Crippen LogP contribution in [0.5, 0.6) is 0 Å². The normalized spacial score (nSPS) is 14.5. The highest BCUT2D eigenvalue weighted by molar-refractivity contribution is 5.31. The van der Waals surface area contributed by atoms with Gasteiger partial charge in [-0.1, -0.05) is 13.8 Å². The second-order valence-corrected chi connectivity index (χ2v) is 4.99. The lowest BCUT2D eigenvalue weighted by atomic mass is 9.95. The van der Waals surface area contributed by atoms with Crippen molar-refractivity contribution in [2.24, 2.45) is 5.92 Å². The summed E-state index contributed by atoms with van der Waals surface area (Å²) < 4.78 is 0. The first-order valence-corrected chi connectivity index (χ1v) is 6.55. The van der Waals surface area contributed by atoms with Crippen LogP contribution in [-0.2, 0) is 6.42 Å². The van der Waals surface area contributed by atoms with Gasteiger partial charge in [0.2, 0.25) is 0 Å². The van der Waals surface area contributed by atoms with Crippen molar-refractivity contribution in [2.75, 3.05) is 12.3 Å². The molecule has 3 nitrogen and oxygen atoms in total. The third kappa shape index (κ3) is 5.68. The molecule has 0 fully saturated rings. The maximum atomic E-state index is 5.68. The highest BCUT2D eigenvalue weighted by atomic mass is 14.9. The predicted octanol–water partition coefficient (Wildman–Crippen LogP) is 2.62. The first-order valence-electron chi connectivity index (χ1n) is 6.55. The van der Waals surface area contributed by atoms with Gasteiger partial charge in [0.05, 0.1) is 0 Å². The Hall–Kier alpha value is -1.09.